The van der Waals surface area contributed by atoms with Crippen LogP contribution in [-0.2, 0) is 0 Å². The number of H-pyrrole nitrogens is 1. The van der Waals surface area contributed by atoms with Crippen molar-refractivity contribution < 1.29 is 4.74 Å². The van der Waals surface area contributed by atoms with Crippen molar-refractivity contribution in [2.75, 3.05) is 25.0 Å². The van der Waals surface area contributed by atoms with Crippen molar-refractivity contribution in [3.05, 3.63) is 47.9 Å². The first kappa shape index (κ1) is 16.4. The van der Waals surface area contributed by atoms with Gasteiger partial charge in [0.1, 0.15) is 30.1 Å². The molecule has 1 saturated heterocycles. The van der Waals surface area contributed by atoms with Crippen LogP contribution >= 0.6 is 0 Å². The van der Waals surface area contributed by atoms with Gasteiger partial charge in [-0.2, -0.15) is 0 Å². The van der Waals surface area contributed by atoms with Crippen molar-refractivity contribution in [3.63, 3.8) is 0 Å². The van der Waals surface area contributed by atoms with Gasteiger partial charge in [0, 0.05) is 11.3 Å². The van der Waals surface area contributed by atoms with Crippen LogP contribution in [0.1, 0.15) is 48.9 Å². The number of rotatable bonds is 4. The third kappa shape index (κ3) is 2.75. The Morgan fingerprint density at radius 1 is 1.11 bits per heavy atom. The summed E-state index contributed by atoms with van der Waals surface area (Å²) in [6, 6.07) is 11.1. The lowest BCUT2D eigenvalue weighted by Gasteiger charge is -2.39. The van der Waals surface area contributed by atoms with E-state index in [0.29, 0.717) is 18.6 Å². The van der Waals surface area contributed by atoms with E-state index in [1.165, 1.54) is 36.9 Å². The Hall–Kier alpha value is -2.60. The predicted octanol–water partition coefficient (Wildman–Crippen LogP) is 3.85. The fraction of sp³-hybridized carbons (Fsp3) is 0.455. The van der Waals surface area contributed by atoms with Gasteiger partial charge < -0.3 is 15.0 Å². The second-order valence-electron chi connectivity index (χ2n) is 8.26. The molecule has 3 aromatic rings. The van der Waals surface area contributed by atoms with E-state index in [1.807, 2.05) is 6.07 Å². The number of para-hydroxylation sites is 1. The van der Waals surface area contributed by atoms with Gasteiger partial charge in [0.05, 0.1) is 17.5 Å². The van der Waals surface area contributed by atoms with E-state index in [9.17, 15) is 0 Å². The fourth-order valence-corrected chi connectivity index (χ4v) is 4.75. The molecule has 3 aliphatic rings. The second-order valence-corrected chi connectivity index (χ2v) is 8.26. The Bertz CT molecular complexity index is 1010. The first-order valence-corrected chi connectivity index (χ1v) is 10.4. The topological polar surface area (TPSA) is 66.1 Å². The molecule has 2 aliphatic heterocycles. The Balaban J connectivity index is 1.40. The summed E-state index contributed by atoms with van der Waals surface area (Å²) in [6.45, 7) is 3.00. The maximum Gasteiger partial charge on any atom is 0.143 e. The Labute approximate surface area is 164 Å². The first-order chi connectivity index (χ1) is 13.9. The van der Waals surface area contributed by atoms with Gasteiger partial charge in [-0.25, -0.2) is 9.97 Å². The van der Waals surface area contributed by atoms with Crippen LogP contribution in [-0.4, -0.2) is 45.6 Å². The standard InChI is InChI=1S/C22H25N5O/c1-2-6-19-15(5-1)20(18(12-28-19)27-9-3-4-10-27)26-22-16-11-17(14-7-8-14)25-21(16)23-13-24-22/h1-2,5-6,11,13-14,18,20H,3-4,7-10,12H2,(H2,23,24,25,26)/t18-,20-/m1/s1. The minimum atomic E-state index is 0.153. The lowest BCUT2D eigenvalue weighted by atomic mass is 9.95. The lowest BCUT2D eigenvalue weighted by Crippen LogP contribution is -2.47. The maximum absolute atomic E-state index is 6.13. The molecule has 1 saturated carbocycles. The summed E-state index contributed by atoms with van der Waals surface area (Å²) in [4.78, 5) is 15.2. The van der Waals surface area contributed by atoms with E-state index < -0.39 is 0 Å². The molecule has 2 fully saturated rings. The molecule has 2 aromatic heterocycles. The molecule has 2 atom stereocenters. The van der Waals surface area contributed by atoms with Gasteiger partial charge in [0.2, 0.25) is 0 Å². The number of aromatic amines is 1. The molecule has 0 unspecified atom stereocenters. The number of aromatic nitrogens is 3. The molecule has 1 aliphatic carbocycles. The van der Waals surface area contributed by atoms with Crippen molar-refractivity contribution in [2.24, 2.45) is 0 Å². The molecule has 0 spiro atoms. The summed E-state index contributed by atoms with van der Waals surface area (Å²) in [7, 11) is 0. The number of nitrogens with one attached hydrogen (secondary N) is 2. The molecule has 4 heterocycles. The van der Waals surface area contributed by atoms with Gasteiger partial charge in [-0.3, -0.25) is 4.90 Å². The summed E-state index contributed by atoms with van der Waals surface area (Å²) in [6.07, 6.45) is 6.74. The minimum Gasteiger partial charge on any atom is -0.491 e. The quantitative estimate of drug-likeness (QED) is 0.725. The van der Waals surface area contributed by atoms with Crippen molar-refractivity contribution in [2.45, 2.75) is 43.7 Å². The Kier molecular flexibility index (Phi) is 3.79. The van der Waals surface area contributed by atoms with Gasteiger partial charge >= 0.3 is 0 Å². The van der Waals surface area contributed by atoms with Gasteiger partial charge in [-0.1, -0.05) is 18.2 Å². The van der Waals surface area contributed by atoms with Crippen LogP contribution < -0.4 is 10.1 Å². The summed E-state index contributed by atoms with van der Waals surface area (Å²) in [5.41, 5.74) is 3.44. The number of fused-ring (bicyclic) bond motifs is 2. The summed E-state index contributed by atoms with van der Waals surface area (Å²) >= 11 is 0. The van der Waals surface area contributed by atoms with E-state index in [4.69, 9.17) is 4.74 Å². The number of benzene rings is 1. The van der Waals surface area contributed by atoms with Gasteiger partial charge in [0.25, 0.3) is 0 Å². The number of likely N-dealkylation sites (tertiary alicyclic amines) is 1. The van der Waals surface area contributed by atoms with E-state index in [-0.39, 0.29) is 6.04 Å². The second kappa shape index (κ2) is 6.48. The number of anilines is 1. The molecule has 6 nitrogen and oxygen atoms in total. The third-order valence-electron chi connectivity index (χ3n) is 6.41. The largest absolute Gasteiger partial charge is 0.491 e. The zero-order valence-corrected chi connectivity index (χ0v) is 15.9. The number of nitrogens with zero attached hydrogens (tertiary/aromatic N) is 3. The first-order valence-electron chi connectivity index (χ1n) is 10.4. The van der Waals surface area contributed by atoms with Gasteiger partial charge in [-0.05, 0) is 56.8 Å². The molecule has 1 aromatic carbocycles. The molecule has 144 valence electrons. The molecule has 0 amide bonds. The lowest BCUT2D eigenvalue weighted by molar-refractivity contribution is 0.124. The molecule has 6 heteroatoms. The smallest absolute Gasteiger partial charge is 0.143 e. The van der Waals surface area contributed by atoms with Crippen LogP contribution in [0.5, 0.6) is 5.75 Å². The van der Waals surface area contributed by atoms with Crippen LogP contribution in [0, 0.1) is 0 Å². The van der Waals surface area contributed by atoms with Crippen molar-refractivity contribution in [1.29, 1.82) is 0 Å². The zero-order valence-electron chi connectivity index (χ0n) is 15.9. The summed E-state index contributed by atoms with van der Waals surface area (Å²) in [5, 5.41) is 4.88. The van der Waals surface area contributed by atoms with Crippen LogP contribution in [0.3, 0.4) is 0 Å². The van der Waals surface area contributed by atoms with Gasteiger partial charge in [-0.15, -0.1) is 0 Å². The highest BCUT2D eigenvalue weighted by Crippen LogP contribution is 2.42. The van der Waals surface area contributed by atoms with Gasteiger partial charge in [0.15, 0.2) is 0 Å². The predicted molar refractivity (Wildman–Crippen MR) is 109 cm³/mol. The summed E-state index contributed by atoms with van der Waals surface area (Å²) in [5.74, 6) is 2.57. The molecule has 6 rings (SSSR count). The molecule has 0 radical (unpaired) electrons. The Morgan fingerprint density at radius 2 is 1.96 bits per heavy atom. The highest BCUT2D eigenvalue weighted by Gasteiger charge is 2.36. The van der Waals surface area contributed by atoms with Crippen molar-refractivity contribution in [1.82, 2.24) is 19.9 Å². The van der Waals surface area contributed by atoms with E-state index in [2.05, 4.69) is 49.4 Å². The highest BCUT2D eigenvalue weighted by molar-refractivity contribution is 5.88. The maximum atomic E-state index is 6.13. The zero-order chi connectivity index (χ0) is 18.5. The molecule has 2 N–H and O–H groups in total. The van der Waals surface area contributed by atoms with Crippen LogP contribution in [0.25, 0.3) is 11.0 Å². The van der Waals surface area contributed by atoms with Crippen molar-refractivity contribution in [3.8, 4) is 5.75 Å². The monoisotopic (exact) mass is 375 g/mol. The number of hydrogen-bond donors (Lipinski definition) is 2. The average molecular weight is 375 g/mol. The van der Waals surface area contributed by atoms with Crippen LogP contribution in [0.2, 0.25) is 0 Å². The van der Waals surface area contributed by atoms with Crippen LogP contribution in [0.15, 0.2) is 36.7 Å². The molecular formula is C22H25N5O. The normalized spacial score (nSPS) is 24.9. The van der Waals surface area contributed by atoms with E-state index in [1.54, 1.807) is 6.33 Å². The Morgan fingerprint density at radius 3 is 2.82 bits per heavy atom. The minimum absolute atomic E-state index is 0.153. The molecule has 0 bridgehead atoms. The third-order valence-corrected chi connectivity index (χ3v) is 6.41. The SMILES string of the molecule is c1ccc2c(c1)OC[C@@H](N1CCCC1)[C@@H]2Nc1ncnc2[nH]c(C3CC3)cc12. The van der Waals surface area contributed by atoms with Crippen LogP contribution in [0.4, 0.5) is 5.82 Å². The highest BCUT2D eigenvalue weighted by atomic mass is 16.5. The summed E-state index contributed by atoms with van der Waals surface area (Å²) < 4.78 is 6.13. The van der Waals surface area contributed by atoms with E-state index >= 15 is 0 Å². The average Bonchev–Trinajstić information content (AvgIpc) is 3.25. The van der Waals surface area contributed by atoms with E-state index in [0.717, 1.165) is 35.7 Å². The number of hydrogen-bond acceptors (Lipinski definition) is 5. The molecular weight excluding hydrogens is 350 g/mol. The molecule has 28 heavy (non-hydrogen) atoms. The number of ether oxygens (including phenoxy) is 1. The van der Waals surface area contributed by atoms with Crippen molar-refractivity contribution >= 4 is 16.9 Å². The fourth-order valence-electron chi connectivity index (χ4n) is 4.75.